The maximum atomic E-state index is 13.4. The molecule has 126 heavy (non-hydrogen) atoms. The molecular weight excluding hydrogens is 1600 g/mol. The maximum Gasteiger partial charge on any atom is 0.341 e. The van der Waals surface area contributed by atoms with Gasteiger partial charge in [0, 0.05) is 246 Å². The van der Waals surface area contributed by atoms with Crippen LogP contribution in [0, 0.1) is 0 Å². The van der Waals surface area contributed by atoms with Gasteiger partial charge in [0.05, 0.1) is 66.1 Å². The molecule has 6 atom stereocenters. The predicted octanol–water partition coefficient (Wildman–Crippen LogP) is 6.97. The standard InChI is InChI=1S/C33H39N9O2.C29H32N8O2.C26H33N9O2.C4H9NO/c1-38-13-15-40(16-14-38)17-18-41-22-26(24-9-6-12-34-31(24)41)28-19-30(39(2)21-23-7-4-3-5-8-23)42-32(36-28)25(20-35-42)33(44)37-27-10-11-29(27)43;1-33-11-13-35(14-12-33)15-16-36-20-24(22-9-6-10-30-27(22)36)25-17-26(34(2)19-21-7-4-3-5-8-21)37-28(32-25)23(18-31-37)29(38)39;1-27-23-14-21(30-25-18(15-29-35(23)25)26(37)31-20-5-6-22(20)36)19-16-34(24-17(19)4-3-7-28-24)13-12-33-10-8-32(2)9-11-33;5-3-1-2-4(3)6/h3-9,12,19-20,22,27,29,43H,10-11,13-18,21H2,1-2H3,(H,37,44);3-10,17-18,20H,11-16,19H2,1-2H3,(H,38,39);3-4,7,14-16,20,22,27,36H,5-6,8-13H2,1-2H3,(H,31,37);3-4,6H,1-2,5H2/t27-,29-;;20-,22-;3-,4-/m0.00/s1. The van der Waals surface area contributed by atoms with E-state index in [2.05, 4.69) is 171 Å². The number of fused-ring (bicyclic) bond motifs is 6. The van der Waals surface area contributed by atoms with E-state index in [1.54, 1.807) is 19.7 Å². The summed E-state index contributed by atoms with van der Waals surface area (Å²) in [6.45, 7) is 19.5. The second-order valence-electron chi connectivity index (χ2n) is 34.2. The fraction of sp³-hybridized carbons (Fsp3) is 0.413. The molecule has 2 amide bonds. The van der Waals surface area contributed by atoms with E-state index in [0.717, 1.165) is 233 Å². The molecule has 34 heteroatoms. The van der Waals surface area contributed by atoms with E-state index in [0.29, 0.717) is 59.7 Å². The number of anilines is 3. The number of carboxylic acid groups (broad SMARTS) is 1. The van der Waals surface area contributed by atoms with E-state index < -0.39 is 18.2 Å². The number of piperazine rings is 3. The summed E-state index contributed by atoms with van der Waals surface area (Å²) in [5, 5.41) is 64.0. The molecule has 658 valence electrons. The van der Waals surface area contributed by atoms with Crippen molar-refractivity contribution in [2.24, 2.45) is 5.73 Å². The van der Waals surface area contributed by atoms with Crippen LogP contribution in [0.3, 0.4) is 0 Å². The number of carbonyl (C=O) groups excluding carboxylic acids is 2. The monoisotopic (exact) mass is 1710 g/mol. The number of nitrogens with zero attached hydrogens (tertiary/aromatic N) is 23. The summed E-state index contributed by atoms with van der Waals surface area (Å²) in [4.78, 5) is 86.2. The first-order valence-electron chi connectivity index (χ1n) is 43.8. The van der Waals surface area contributed by atoms with E-state index in [9.17, 15) is 29.7 Å². The molecule has 12 aromatic heterocycles. The van der Waals surface area contributed by atoms with Crippen molar-refractivity contribution in [3.63, 3.8) is 0 Å². The van der Waals surface area contributed by atoms with Gasteiger partial charge in [0.15, 0.2) is 16.9 Å². The number of amides is 2. The Balaban J connectivity index is 0.000000129. The van der Waals surface area contributed by atoms with Gasteiger partial charge in [0.25, 0.3) is 11.8 Å². The molecule has 14 aromatic rings. The highest BCUT2D eigenvalue weighted by Crippen LogP contribution is 2.37. The summed E-state index contributed by atoms with van der Waals surface area (Å²) in [7, 11) is 12.3. The van der Waals surface area contributed by atoms with Crippen molar-refractivity contribution in [2.45, 2.75) is 108 Å². The third kappa shape index (κ3) is 18.8. The van der Waals surface area contributed by atoms with Crippen LogP contribution < -0.4 is 31.5 Å². The summed E-state index contributed by atoms with van der Waals surface area (Å²) in [5.74, 6) is 0.697. The fourth-order valence-corrected chi connectivity index (χ4v) is 17.1. The van der Waals surface area contributed by atoms with E-state index >= 15 is 0 Å². The van der Waals surface area contributed by atoms with Gasteiger partial charge in [-0.1, -0.05) is 60.7 Å². The minimum Gasteiger partial charge on any atom is -0.477 e. The van der Waals surface area contributed by atoms with Crippen molar-refractivity contribution in [2.75, 3.05) is 156 Å². The Morgan fingerprint density at radius 2 is 0.778 bits per heavy atom. The number of aliphatic hydroxyl groups is 3. The highest BCUT2D eigenvalue weighted by molar-refractivity contribution is 6.03. The van der Waals surface area contributed by atoms with Gasteiger partial charge in [-0.2, -0.15) is 28.8 Å². The molecular formula is C92H113N27O7. The normalized spacial score (nSPS) is 19.6. The lowest BCUT2D eigenvalue weighted by molar-refractivity contribution is 0.0448. The molecule has 0 radical (unpaired) electrons. The summed E-state index contributed by atoms with van der Waals surface area (Å²) in [6.07, 6.45) is 20.0. The van der Waals surface area contributed by atoms with Crippen LogP contribution in [0.5, 0.6) is 0 Å². The molecule has 9 N–H and O–H groups in total. The molecule has 3 aliphatic heterocycles. The SMILES string of the molecule is CN1CCN(CCn2cc(-c3cc(N(C)Cc4ccccc4)n4ncc(C(=O)N[C@H]5CC[C@@H]5O)c4n3)c3cccnc32)CC1.CN1CCN(CCn2cc(-c3cc(N(C)Cc4ccccc4)n4ncc(C(=O)O)c4n3)c3cccnc32)CC1.CNc1cc(-c2cn(CCN3CCN(C)CC3)c3ncccc23)nc2c(C(=O)N[C@H]3CC[C@@H]3O)cnn12.N[C@H]1CC[C@@H]1O. The Bertz CT molecular complexity index is 6130. The van der Waals surface area contributed by atoms with Crippen molar-refractivity contribution in [3.05, 3.63) is 199 Å². The van der Waals surface area contributed by atoms with Crippen LogP contribution in [0.4, 0.5) is 17.5 Å². The number of likely N-dealkylation sites (N-methyl/N-ethyl adjacent to an activating group) is 3. The molecule has 2 aromatic carbocycles. The van der Waals surface area contributed by atoms with Crippen LogP contribution in [0.2, 0.25) is 0 Å². The molecule has 15 heterocycles. The number of aliphatic hydroxyl groups excluding tert-OH is 3. The highest BCUT2D eigenvalue weighted by Gasteiger charge is 2.35. The summed E-state index contributed by atoms with van der Waals surface area (Å²) >= 11 is 0. The van der Waals surface area contributed by atoms with Crippen molar-refractivity contribution < 1.29 is 34.8 Å². The predicted molar refractivity (Wildman–Crippen MR) is 487 cm³/mol. The van der Waals surface area contributed by atoms with Crippen molar-refractivity contribution in [1.82, 2.24) is 112 Å². The molecule has 6 fully saturated rings. The molecule has 3 saturated carbocycles. The Kier molecular flexibility index (Phi) is 26.1. The Hall–Kier alpha value is -12.2. The van der Waals surface area contributed by atoms with Gasteiger partial charge in [-0.3, -0.25) is 24.3 Å². The maximum absolute atomic E-state index is 13.4. The van der Waals surface area contributed by atoms with Crippen molar-refractivity contribution in [1.29, 1.82) is 0 Å². The minimum atomic E-state index is -1.05. The molecule has 6 aliphatic rings. The van der Waals surface area contributed by atoms with E-state index in [4.69, 9.17) is 35.8 Å². The van der Waals surface area contributed by atoms with Gasteiger partial charge in [0.2, 0.25) is 0 Å². The molecule has 20 rings (SSSR count). The van der Waals surface area contributed by atoms with Crippen LogP contribution in [0.25, 0.3) is 83.8 Å². The second kappa shape index (κ2) is 38.3. The zero-order chi connectivity index (χ0) is 87.2. The zero-order valence-corrected chi connectivity index (χ0v) is 72.4. The van der Waals surface area contributed by atoms with E-state index in [1.165, 1.54) is 12.4 Å². The number of carboxylic acids is 1. The minimum absolute atomic E-state index is 0.0724. The topological polar surface area (TPSA) is 364 Å². The van der Waals surface area contributed by atoms with Crippen LogP contribution in [-0.4, -0.2) is 317 Å². The Labute approximate surface area is 730 Å². The summed E-state index contributed by atoms with van der Waals surface area (Å²) in [6, 6.07) is 38.1. The number of carbonyl (C=O) groups is 3. The number of hydrogen-bond acceptors (Lipinski definition) is 25. The third-order valence-corrected chi connectivity index (χ3v) is 25.5. The molecule has 0 unspecified atom stereocenters. The smallest absolute Gasteiger partial charge is 0.341 e. The van der Waals surface area contributed by atoms with Crippen molar-refractivity contribution >= 4 is 85.3 Å². The first-order valence-corrected chi connectivity index (χ1v) is 43.8. The summed E-state index contributed by atoms with van der Waals surface area (Å²) in [5.41, 5.74) is 17.4. The Morgan fingerprint density at radius 3 is 1.11 bits per heavy atom. The quantitative estimate of drug-likeness (QED) is 0.0303. The van der Waals surface area contributed by atoms with E-state index in [1.807, 2.05) is 113 Å². The zero-order valence-electron chi connectivity index (χ0n) is 72.4. The van der Waals surface area contributed by atoms with Crippen LogP contribution >= 0.6 is 0 Å². The van der Waals surface area contributed by atoms with Crippen LogP contribution in [0.15, 0.2) is 171 Å². The van der Waals surface area contributed by atoms with Gasteiger partial charge in [-0.25, -0.2) is 34.7 Å². The number of hydrogen-bond donors (Lipinski definition) is 8. The first-order chi connectivity index (χ1) is 61.2. The number of rotatable bonds is 24. The van der Waals surface area contributed by atoms with Gasteiger partial charge in [-0.05, 0) is 107 Å². The van der Waals surface area contributed by atoms with Gasteiger partial charge in [0.1, 0.15) is 51.1 Å². The lowest BCUT2D eigenvalue weighted by Crippen LogP contribution is -2.50. The largest absolute Gasteiger partial charge is 0.477 e. The summed E-state index contributed by atoms with van der Waals surface area (Å²) < 4.78 is 11.6. The van der Waals surface area contributed by atoms with Gasteiger partial charge >= 0.3 is 5.97 Å². The molecule has 0 bridgehead atoms. The number of pyridine rings is 3. The van der Waals surface area contributed by atoms with Crippen LogP contribution in [0.1, 0.15) is 80.7 Å². The first kappa shape index (κ1) is 85.9. The number of aromatic carboxylic acids is 1. The second-order valence-corrected chi connectivity index (χ2v) is 34.2. The van der Waals surface area contributed by atoms with Gasteiger partial charge < -0.3 is 80.3 Å². The molecule has 3 saturated heterocycles. The number of benzene rings is 2. The molecule has 34 nitrogen and oxygen atoms in total. The van der Waals surface area contributed by atoms with Gasteiger partial charge in [-0.15, -0.1) is 0 Å². The number of nitrogens with two attached hydrogens (primary N) is 1. The fourth-order valence-electron chi connectivity index (χ4n) is 17.1. The van der Waals surface area contributed by atoms with Crippen molar-refractivity contribution in [3.8, 4) is 33.8 Å². The van der Waals surface area contributed by atoms with E-state index in [-0.39, 0.29) is 41.6 Å². The highest BCUT2D eigenvalue weighted by atomic mass is 16.4. The number of aromatic nitrogens is 15. The lowest BCUT2D eigenvalue weighted by atomic mass is 9.89. The third-order valence-electron chi connectivity index (χ3n) is 25.5. The Morgan fingerprint density at radius 1 is 0.429 bits per heavy atom. The number of nitrogens with one attached hydrogen (secondary N) is 3. The lowest BCUT2D eigenvalue weighted by Gasteiger charge is -2.32. The molecule has 3 aliphatic carbocycles. The molecule has 0 spiro atoms. The average Bonchev–Trinajstić information content (AvgIpc) is 1.60. The average molecular weight is 1710 g/mol. The van der Waals surface area contributed by atoms with Crippen LogP contribution in [-0.2, 0) is 32.7 Å².